The topological polar surface area (TPSA) is 20.2 Å². The highest BCUT2D eigenvalue weighted by Gasteiger charge is 2.41. The van der Waals surface area contributed by atoms with Gasteiger partial charge in [-0.3, -0.25) is 0 Å². The summed E-state index contributed by atoms with van der Waals surface area (Å²) in [4.78, 5) is 0. The lowest BCUT2D eigenvalue weighted by Crippen LogP contribution is -2.32. The van der Waals surface area contributed by atoms with E-state index in [0.29, 0.717) is 0 Å². The molecule has 72 valence electrons. The first kappa shape index (κ1) is 10.1. The Labute approximate surface area is 74.3 Å². The van der Waals surface area contributed by atoms with E-state index in [4.69, 9.17) is 6.42 Å². The number of hydrogen-bond donors (Lipinski definition) is 1. The summed E-state index contributed by atoms with van der Waals surface area (Å²) in [5, 5.41) is 9.37. The van der Waals surface area contributed by atoms with Crippen LogP contribution in [0.15, 0.2) is 12.2 Å². The molecule has 0 saturated carbocycles. The monoisotopic (exact) mass is 190 g/mol. The van der Waals surface area contributed by atoms with Crippen molar-refractivity contribution in [1.82, 2.24) is 0 Å². The summed E-state index contributed by atoms with van der Waals surface area (Å²) >= 11 is 0. The molecule has 1 aliphatic carbocycles. The van der Waals surface area contributed by atoms with Crippen LogP contribution in [0.4, 0.5) is 13.2 Å². The van der Waals surface area contributed by atoms with Gasteiger partial charge in [0.05, 0.1) is 5.92 Å². The normalized spacial score (nSPS) is 34.2. The standard InChI is InChI=1S/C9H9F3O/c1-2-8(13)5-3-7(4-6-8)9(10,11)12/h1,3,5,7,13H,4,6H2. The Morgan fingerprint density at radius 3 is 2.46 bits per heavy atom. The van der Waals surface area contributed by atoms with Gasteiger partial charge in [-0.1, -0.05) is 12.0 Å². The third-order valence-electron chi connectivity index (χ3n) is 2.11. The van der Waals surface area contributed by atoms with E-state index in [9.17, 15) is 18.3 Å². The molecule has 2 unspecified atom stereocenters. The van der Waals surface area contributed by atoms with Crippen LogP contribution in [0.25, 0.3) is 0 Å². The van der Waals surface area contributed by atoms with Gasteiger partial charge >= 0.3 is 6.18 Å². The maximum Gasteiger partial charge on any atom is 0.395 e. The van der Waals surface area contributed by atoms with Crippen molar-refractivity contribution in [3.05, 3.63) is 12.2 Å². The van der Waals surface area contributed by atoms with Gasteiger partial charge in [-0.25, -0.2) is 0 Å². The summed E-state index contributed by atoms with van der Waals surface area (Å²) in [6, 6.07) is 0. The first-order chi connectivity index (χ1) is 5.87. The molecule has 0 radical (unpaired) electrons. The van der Waals surface area contributed by atoms with Crippen LogP contribution in [-0.4, -0.2) is 16.9 Å². The molecule has 1 aliphatic rings. The van der Waals surface area contributed by atoms with Crippen LogP contribution in [0, 0.1) is 18.3 Å². The predicted molar refractivity (Wildman–Crippen MR) is 41.7 cm³/mol. The summed E-state index contributed by atoms with van der Waals surface area (Å²) in [7, 11) is 0. The molecule has 4 heteroatoms. The maximum atomic E-state index is 12.1. The van der Waals surface area contributed by atoms with E-state index in [1.54, 1.807) is 0 Å². The third kappa shape index (κ3) is 2.25. The Kier molecular flexibility index (Phi) is 2.40. The van der Waals surface area contributed by atoms with E-state index in [0.717, 1.165) is 12.2 Å². The first-order valence-corrected chi connectivity index (χ1v) is 3.84. The number of rotatable bonds is 0. The summed E-state index contributed by atoms with van der Waals surface area (Å²) < 4.78 is 36.3. The number of alkyl halides is 3. The molecule has 1 nitrogen and oxygen atoms in total. The van der Waals surface area contributed by atoms with E-state index in [-0.39, 0.29) is 12.8 Å². The zero-order valence-electron chi connectivity index (χ0n) is 6.80. The van der Waals surface area contributed by atoms with Crippen LogP contribution < -0.4 is 0 Å². The van der Waals surface area contributed by atoms with Gasteiger partial charge in [0.25, 0.3) is 0 Å². The molecule has 1 rings (SSSR count). The molecule has 0 bridgehead atoms. The van der Waals surface area contributed by atoms with Gasteiger partial charge < -0.3 is 5.11 Å². The average molecular weight is 190 g/mol. The van der Waals surface area contributed by atoms with Crippen molar-refractivity contribution in [2.75, 3.05) is 0 Å². The van der Waals surface area contributed by atoms with Crippen LogP contribution >= 0.6 is 0 Å². The summed E-state index contributed by atoms with van der Waals surface area (Å²) in [5.41, 5.74) is -1.48. The van der Waals surface area contributed by atoms with E-state index in [2.05, 4.69) is 5.92 Å². The molecule has 0 aromatic rings. The van der Waals surface area contributed by atoms with Crippen LogP contribution in [0.3, 0.4) is 0 Å². The number of halogens is 3. The second-order valence-electron chi connectivity index (χ2n) is 3.11. The van der Waals surface area contributed by atoms with Gasteiger partial charge in [0.2, 0.25) is 0 Å². The molecular weight excluding hydrogens is 181 g/mol. The highest BCUT2D eigenvalue weighted by atomic mass is 19.4. The Morgan fingerprint density at radius 2 is 2.15 bits per heavy atom. The van der Waals surface area contributed by atoms with Crippen molar-refractivity contribution >= 4 is 0 Å². The van der Waals surface area contributed by atoms with Crippen molar-refractivity contribution < 1.29 is 18.3 Å². The average Bonchev–Trinajstić information content (AvgIpc) is 2.04. The van der Waals surface area contributed by atoms with Crippen LogP contribution in [0.2, 0.25) is 0 Å². The van der Waals surface area contributed by atoms with E-state index in [1.165, 1.54) is 0 Å². The van der Waals surface area contributed by atoms with Gasteiger partial charge in [-0.2, -0.15) is 13.2 Å². The fourth-order valence-corrected chi connectivity index (χ4v) is 1.22. The molecule has 0 heterocycles. The molecule has 2 atom stereocenters. The quantitative estimate of drug-likeness (QED) is 0.456. The Hall–Kier alpha value is -0.950. The van der Waals surface area contributed by atoms with E-state index >= 15 is 0 Å². The van der Waals surface area contributed by atoms with Gasteiger partial charge in [0, 0.05) is 0 Å². The number of hydrogen-bond acceptors (Lipinski definition) is 1. The van der Waals surface area contributed by atoms with Crippen LogP contribution in [-0.2, 0) is 0 Å². The molecule has 0 spiro atoms. The molecule has 0 aromatic heterocycles. The SMILES string of the molecule is C#CC1(O)C=CC(C(F)(F)F)CC1. The molecular formula is C9H9F3O. The second-order valence-corrected chi connectivity index (χ2v) is 3.11. The highest BCUT2D eigenvalue weighted by Crippen LogP contribution is 2.36. The van der Waals surface area contributed by atoms with E-state index in [1.807, 2.05) is 0 Å². The Morgan fingerprint density at radius 1 is 1.54 bits per heavy atom. The smallest absolute Gasteiger partial charge is 0.374 e. The lowest BCUT2D eigenvalue weighted by atomic mass is 9.85. The van der Waals surface area contributed by atoms with Gasteiger partial charge in [0.15, 0.2) is 0 Å². The Bertz CT molecular complexity index is 261. The Balaban J connectivity index is 2.75. The molecule has 0 amide bonds. The first-order valence-electron chi connectivity index (χ1n) is 3.84. The summed E-state index contributed by atoms with van der Waals surface area (Å²) in [5.74, 6) is 0.583. The lowest BCUT2D eigenvalue weighted by Gasteiger charge is -2.27. The zero-order valence-corrected chi connectivity index (χ0v) is 6.80. The van der Waals surface area contributed by atoms with E-state index < -0.39 is 17.7 Å². The predicted octanol–water partition coefficient (Wildman–Crippen LogP) is 1.88. The highest BCUT2D eigenvalue weighted by molar-refractivity contribution is 5.22. The van der Waals surface area contributed by atoms with Crippen molar-refractivity contribution in [2.24, 2.45) is 5.92 Å². The second kappa shape index (κ2) is 3.08. The molecule has 0 aliphatic heterocycles. The molecule has 1 N–H and O–H groups in total. The third-order valence-corrected chi connectivity index (χ3v) is 2.11. The minimum atomic E-state index is -4.23. The van der Waals surface area contributed by atoms with Crippen LogP contribution in [0.1, 0.15) is 12.8 Å². The maximum absolute atomic E-state index is 12.1. The number of terminal acetylenes is 1. The lowest BCUT2D eigenvalue weighted by molar-refractivity contribution is -0.165. The van der Waals surface area contributed by atoms with Crippen molar-refractivity contribution in [1.29, 1.82) is 0 Å². The molecule has 0 aromatic carbocycles. The van der Waals surface area contributed by atoms with Crippen molar-refractivity contribution in [2.45, 2.75) is 24.6 Å². The van der Waals surface area contributed by atoms with Crippen molar-refractivity contribution in [3.63, 3.8) is 0 Å². The largest absolute Gasteiger partial charge is 0.395 e. The molecule has 0 fully saturated rings. The fraction of sp³-hybridized carbons (Fsp3) is 0.556. The van der Waals surface area contributed by atoms with Crippen molar-refractivity contribution in [3.8, 4) is 12.3 Å². The summed E-state index contributed by atoms with van der Waals surface area (Å²) in [6.45, 7) is 0. The van der Waals surface area contributed by atoms with Gasteiger partial charge in [-0.15, -0.1) is 6.42 Å². The van der Waals surface area contributed by atoms with Gasteiger partial charge in [-0.05, 0) is 18.9 Å². The fourth-order valence-electron chi connectivity index (χ4n) is 1.22. The number of aliphatic hydroxyl groups is 1. The van der Waals surface area contributed by atoms with Gasteiger partial charge in [0.1, 0.15) is 5.60 Å². The minimum absolute atomic E-state index is 0.0375. The van der Waals surface area contributed by atoms with Crippen LogP contribution in [0.5, 0.6) is 0 Å². The number of allylic oxidation sites excluding steroid dienone is 1. The zero-order chi connectivity index (χ0) is 10.1. The minimum Gasteiger partial charge on any atom is -0.374 e. The molecule has 13 heavy (non-hydrogen) atoms. The summed E-state index contributed by atoms with van der Waals surface area (Å²) in [6.07, 6.45) is 2.52. The molecule has 0 saturated heterocycles.